The SMILES string of the molecule is O=C1CC(Nn2cccc2)CCCN1. The van der Waals surface area contributed by atoms with Crippen LogP contribution in [0.2, 0.25) is 0 Å². The van der Waals surface area contributed by atoms with Crippen molar-refractivity contribution in [1.82, 2.24) is 9.99 Å². The molecule has 14 heavy (non-hydrogen) atoms. The van der Waals surface area contributed by atoms with Crippen LogP contribution in [-0.2, 0) is 4.79 Å². The number of carbonyl (C=O) groups is 1. The summed E-state index contributed by atoms with van der Waals surface area (Å²) >= 11 is 0. The molecule has 0 aliphatic carbocycles. The van der Waals surface area contributed by atoms with E-state index in [1.807, 2.05) is 29.2 Å². The molecule has 1 aromatic heterocycles. The van der Waals surface area contributed by atoms with Gasteiger partial charge in [0.15, 0.2) is 0 Å². The molecule has 1 saturated heterocycles. The van der Waals surface area contributed by atoms with Crippen molar-refractivity contribution in [3.63, 3.8) is 0 Å². The van der Waals surface area contributed by atoms with Crippen molar-refractivity contribution in [3.8, 4) is 0 Å². The van der Waals surface area contributed by atoms with Crippen LogP contribution in [0.25, 0.3) is 0 Å². The van der Waals surface area contributed by atoms with Crippen LogP contribution in [-0.4, -0.2) is 23.2 Å². The van der Waals surface area contributed by atoms with Gasteiger partial charge in [-0.3, -0.25) is 9.47 Å². The molecule has 0 spiro atoms. The second kappa shape index (κ2) is 4.17. The lowest BCUT2D eigenvalue weighted by Gasteiger charge is -2.17. The van der Waals surface area contributed by atoms with E-state index in [1.165, 1.54) is 0 Å². The molecule has 2 rings (SSSR count). The van der Waals surface area contributed by atoms with Crippen molar-refractivity contribution in [3.05, 3.63) is 24.5 Å². The fourth-order valence-electron chi connectivity index (χ4n) is 1.72. The van der Waals surface area contributed by atoms with E-state index < -0.39 is 0 Å². The average molecular weight is 193 g/mol. The second-order valence-electron chi connectivity index (χ2n) is 3.61. The number of rotatable bonds is 2. The molecule has 1 aliphatic rings. The number of hydrogen-bond acceptors (Lipinski definition) is 2. The van der Waals surface area contributed by atoms with E-state index in [0.717, 1.165) is 19.4 Å². The Morgan fingerprint density at radius 3 is 3.00 bits per heavy atom. The summed E-state index contributed by atoms with van der Waals surface area (Å²) in [4.78, 5) is 11.3. The minimum absolute atomic E-state index is 0.146. The molecule has 0 bridgehead atoms. The molecule has 0 saturated carbocycles. The summed E-state index contributed by atoms with van der Waals surface area (Å²) in [6.07, 6.45) is 6.55. The summed E-state index contributed by atoms with van der Waals surface area (Å²) in [6.45, 7) is 0.808. The summed E-state index contributed by atoms with van der Waals surface area (Å²) in [6, 6.07) is 4.18. The van der Waals surface area contributed by atoms with Crippen molar-refractivity contribution in [2.24, 2.45) is 0 Å². The van der Waals surface area contributed by atoms with Gasteiger partial charge in [0, 0.05) is 25.4 Å². The van der Waals surface area contributed by atoms with Gasteiger partial charge in [-0.25, -0.2) is 0 Å². The first-order valence-electron chi connectivity index (χ1n) is 5.01. The first-order chi connectivity index (χ1) is 6.84. The third-order valence-corrected chi connectivity index (χ3v) is 2.42. The maximum absolute atomic E-state index is 11.3. The highest BCUT2D eigenvalue weighted by Crippen LogP contribution is 2.07. The smallest absolute Gasteiger partial charge is 0.222 e. The van der Waals surface area contributed by atoms with Crippen LogP contribution in [0, 0.1) is 0 Å². The van der Waals surface area contributed by atoms with E-state index in [9.17, 15) is 4.79 Å². The Morgan fingerprint density at radius 2 is 2.21 bits per heavy atom. The van der Waals surface area contributed by atoms with Crippen molar-refractivity contribution in [1.29, 1.82) is 0 Å². The van der Waals surface area contributed by atoms with Gasteiger partial charge in [0.25, 0.3) is 0 Å². The molecule has 0 radical (unpaired) electrons. The molecule has 0 aromatic carbocycles. The second-order valence-corrected chi connectivity index (χ2v) is 3.61. The number of carbonyl (C=O) groups excluding carboxylic acids is 1. The summed E-state index contributed by atoms with van der Waals surface area (Å²) in [5.41, 5.74) is 3.29. The molecule has 76 valence electrons. The van der Waals surface area contributed by atoms with E-state index in [4.69, 9.17) is 0 Å². The average Bonchev–Trinajstić information content (AvgIpc) is 2.56. The first-order valence-corrected chi connectivity index (χ1v) is 5.01. The molecular formula is C10H15N3O. The predicted molar refractivity (Wildman–Crippen MR) is 54.4 cm³/mol. The maximum Gasteiger partial charge on any atom is 0.222 e. The van der Waals surface area contributed by atoms with Crippen molar-refractivity contribution in [2.45, 2.75) is 25.3 Å². The monoisotopic (exact) mass is 193 g/mol. The molecule has 2 heterocycles. The van der Waals surface area contributed by atoms with Gasteiger partial charge in [-0.05, 0) is 25.0 Å². The first kappa shape index (κ1) is 9.12. The van der Waals surface area contributed by atoms with Crippen LogP contribution in [0.3, 0.4) is 0 Å². The van der Waals surface area contributed by atoms with E-state index in [0.29, 0.717) is 6.42 Å². The van der Waals surface area contributed by atoms with Crippen LogP contribution in [0.4, 0.5) is 0 Å². The van der Waals surface area contributed by atoms with Gasteiger partial charge in [-0.1, -0.05) is 0 Å². The molecule has 4 heteroatoms. The Morgan fingerprint density at radius 1 is 1.43 bits per heavy atom. The minimum atomic E-state index is 0.146. The highest BCUT2D eigenvalue weighted by Gasteiger charge is 2.16. The van der Waals surface area contributed by atoms with Gasteiger partial charge in [0.2, 0.25) is 5.91 Å². The highest BCUT2D eigenvalue weighted by molar-refractivity contribution is 5.76. The lowest BCUT2D eigenvalue weighted by atomic mass is 10.1. The zero-order valence-corrected chi connectivity index (χ0v) is 8.07. The predicted octanol–water partition coefficient (Wildman–Crippen LogP) is 0.700. The zero-order chi connectivity index (χ0) is 9.80. The van der Waals surface area contributed by atoms with Gasteiger partial charge >= 0.3 is 0 Å². The summed E-state index contributed by atoms with van der Waals surface area (Å²) < 4.78 is 1.91. The van der Waals surface area contributed by atoms with Crippen LogP contribution in [0.1, 0.15) is 19.3 Å². The molecule has 1 fully saturated rings. The number of nitrogens with one attached hydrogen (secondary N) is 2. The van der Waals surface area contributed by atoms with Gasteiger partial charge in [-0.15, -0.1) is 0 Å². The van der Waals surface area contributed by atoms with E-state index in [1.54, 1.807) is 0 Å². The summed E-state index contributed by atoms with van der Waals surface area (Å²) in [5, 5.41) is 2.87. The van der Waals surface area contributed by atoms with Gasteiger partial charge < -0.3 is 10.7 Å². The zero-order valence-electron chi connectivity index (χ0n) is 8.07. The Kier molecular flexibility index (Phi) is 2.72. The third kappa shape index (κ3) is 2.28. The fraction of sp³-hybridized carbons (Fsp3) is 0.500. The quantitative estimate of drug-likeness (QED) is 0.726. The summed E-state index contributed by atoms with van der Waals surface area (Å²) in [5.74, 6) is 0.146. The van der Waals surface area contributed by atoms with Crippen molar-refractivity contribution >= 4 is 5.91 Å². The van der Waals surface area contributed by atoms with Gasteiger partial charge in [0.05, 0.1) is 6.04 Å². The van der Waals surface area contributed by atoms with Crippen LogP contribution in [0.15, 0.2) is 24.5 Å². The minimum Gasteiger partial charge on any atom is -0.356 e. The van der Waals surface area contributed by atoms with Gasteiger partial charge in [-0.2, -0.15) is 0 Å². The van der Waals surface area contributed by atoms with E-state index >= 15 is 0 Å². The molecule has 1 atom stereocenters. The normalized spacial score (nSPS) is 22.6. The topological polar surface area (TPSA) is 46.1 Å². The van der Waals surface area contributed by atoms with E-state index in [-0.39, 0.29) is 11.9 Å². The Hall–Kier alpha value is -1.45. The van der Waals surface area contributed by atoms with E-state index in [2.05, 4.69) is 10.7 Å². The number of aromatic nitrogens is 1. The lowest BCUT2D eigenvalue weighted by molar-refractivity contribution is -0.120. The lowest BCUT2D eigenvalue weighted by Crippen LogP contribution is -2.30. The Balaban J connectivity index is 1.93. The van der Waals surface area contributed by atoms with Gasteiger partial charge in [0.1, 0.15) is 0 Å². The van der Waals surface area contributed by atoms with Crippen LogP contribution in [0.5, 0.6) is 0 Å². The molecule has 1 amide bonds. The number of amides is 1. The molecule has 2 N–H and O–H groups in total. The molecule has 1 unspecified atom stereocenters. The maximum atomic E-state index is 11.3. The number of hydrogen-bond donors (Lipinski definition) is 2. The van der Waals surface area contributed by atoms with Crippen molar-refractivity contribution in [2.75, 3.05) is 12.0 Å². The molecule has 1 aromatic rings. The largest absolute Gasteiger partial charge is 0.356 e. The van der Waals surface area contributed by atoms with Crippen molar-refractivity contribution < 1.29 is 4.79 Å². The summed E-state index contributed by atoms with van der Waals surface area (Å²) in [7, 11) is 0. The standard InChI is InChI=1S/C10H15N3O/c14-10-8-9(4-3-5-11-10)12-13-6-1-2-7-13/h1-2,6-7,9,12H,3-5,8H2,(H,11,14). The Labute approximate surface area is 83.3 Å². The fourth-order valence-corrected chi connectivity index (χ4v) is 1.72. The number of nitrogens with zero attached hydrogens (tertiary/aromatic N) is 1. The molecular weight excluding hydrogens is 178 g/mol. The van der Waals surface area contributed by atoms with Crippen LogP contribution < -0.4 is 10.7 Å². The molecule has 4 nitrogen and oxygen atoms in total. The Bertz CT molecular complexity index is 294. The highest BCUT2D eigenvalue weighted by atomic mass is 16.1. The third-order valence-electron chi connectivity index (χ3n) is 2.42. The molecule has 1 aliphatic heterocycles. The van der Waals surface area contributed by atoms with Crippen LogP contribution >= 0.6 is 0 Å².